The van der Waals surface area contributed by atoms with Gasteiger partial charge in [0.2, 0.25) is 4.80 Å². The number of carbonyl (C=O) groups is 1. The second-order valence-electron chi connectivity index (χ2n) is 5.56. The van der Waals surface area contributed by atoms with Gasteiger partial charge in [-0.2, -0.15) is 5.10 Å². The first kappa shape index (κ1) is 19.3. The van der Waals surface area contributed by atoms with E-state index in [9.17, 15) is 4.79 Å². The van der Waals surface area contributed by atoms with Crippen molar-refractivity contribution >= 4 is 39.5 Å². The highest BCUT2D eigenvalue weighted by Crippen LogP contribution is 2.19. The van der Waals surface area contributed by atoms with Crippen LogP contribution < -0.4 is 4.80 Å². The van der Waals surface area contributed by atoms with Crippen molar-refractivity contribution in [1.29, 1.82) is 0 Å². The van der Waals surface area contributed by atoms with Crippen molar-refractivity contribution in [2.45, 2.75) is 13.5 Å². The Morgan fingerprint density at radius 3 is 2.63 bits per heavy atom. The van der Waals surface area contributed by atoms with Crippen LogP contribution in [0.3, 0.4) is 0 Å². The zero-order valence-electron chi connectivity index (χ0n) is 14.7. The maximum atomic E-state index is 12.1. The molecule has 0 aliphatic carbocycles. The van der Waals surface area contributed by atoms with Crippen molar-refractivity contribution in [2.24, 2.45) is 10.2 Å². The Morgan fingerprint density at radius 2 is 1.93 bits per heavy atom. The maximum Gasteiger partial charge on any atom is 0.326 e. The Labute approximate surface area is 169 Å². The highest BCUT2D eigenvalue weighted by Gasteiger charge is 2.12. The maximum absolute atomic E-state index is 12.1. The molecule has 1 aromatic heterocycles. The van der Waals surface area contributed by atoms with Gasteiger partial charge in [-0.15, -0.1) is 16.4 Å². The van der Waals surface area contributed by atoms with Gasteiger partial charge in [-0.3, -0.25) is 4.79 Å². The third-order valence-corrected chi connectivity index (χ3v) is 5.06. The predicted molar refractivity (Wildman–Crippen MR) is 112 cm³/mol. The number of ether oxygens (including phenoxy) is 1. The Balaban J connectivity index is 1.95. The molecule has 0 spiro atoms. The molecule has 0 amide bonds. The molecule has 0 saturated carbocycles. The molecule has 27 heavy (non-hydrogen) atoms. The Hall–Kier alpha value is -2.51. The van der Waals surface area contributed by atoms with Gasteiger partial charge in [-0.1, -0.05) is 58.4 Å². The van der Waals surface area contributed by atoms with Crippen LogP contribution in [0.2, 0.25) is 0 Å². The van der Waals surface area contributed by atoms with E-state index in [1.165, 1.54) is 11.3 Å². The van der Waals surface area contributed by atoms with Gasteiger partial charge in [0.15, 0.2) is 0 Å². The van der Waals surface area contributed by atoms with Crippen molar-refractivity contribution < 1.29 is 9.53 Å². The smallest absolute Gasteiger partial charge is 0.326 e. The lowest BCUT2D eigenvalue weighted by atomic mass is 10.2. The summed E-state index contributed by atoms with van der Waals surface area (Å²) < 4.78 is 7.95. The minimum absolute atomic E-state index is 0.0915. The van der Waals surface area contributed by atoms with Gasteiger partial charge in [0.25, 0.3) is 0 Å². The average molecular weight is 444 g/mol. The van der Waals surface area contributed by atoms with E-state index in [1.54, 1.807) is 13.1 Å². The normalized spacial score (nSPS) is 11.9. The van der Waals surface area contributed by atoms with E-state index in [4.69, 9.17) is 4.74 Å². The molecule has 2 aromatic carbocycles. The number of aromatic nitrogens is 1. The number of carbonyl (C=O) groups excluding carboxylic acids is 1. The van der Waals surface area contributed by atoms with Gasteiger partial charge >= 0.3 is 5.97 Å². The van der Waals surface area contributed by atoms with E-state index < -0.39 is 0 Å². The van der Waals surface area contributed by atoms with Gasteiger partial charge in [0, 0.05) is 9.85 Å². The van der Waals surface area contributed by atoms with E-state index >= 15 is 0 Å². The van der Waals surface area contributed by atoms with Crippen molar-refractivity contribution in [1.82, 2.24) is 4.57 Å². The lowest BCUT2D eigenvalue weighted by molar-refractivity contribution is -0.143. The molecule has 5 nitrogen and oxygen atoms in total. The number of rotatable bonds is 6. The fourth-order valence-corrected chi connectivity index (χ4v) is 3.56. The van der Waals surface area contributed by atoms with Crippen LogP contribution in [0.15, 0.2) is 74.7 Å². The SMILES string of the molecule is CCOC(=O)Cn1c(-c2ccccc2)cs/c1=N/N=C/c1ccc(Br)cc1. The van der Waals surface area contributed by atoms with Gasteiger partial charge in [0.05, 0.1) is 18.5 Å². The first-order valence-corrected chi connectivity index (χ1v) is 10.1. The number of thiazole rings is 1. The third kappa shape index (κ3) is 5.24. The number of hydrogen-bond acceptors (Lipinski definition) is 5. The summed E-state index contributed by atoms with van der Waals surface area (Å²) in [6.45, 7) is 2.23. The number of benzene rings is 2. The minimum Gasteiger partial charge on any atom is -0.465 e. The predicted octanol–water partition coefficient (Wildman–Crippen LogP) is 4.48. The van der Waals surface area contributed by atoms with Gasteiger partial charge in [0.1, 0.15) is 6.54 Å². The van der Waals surface area contributed by atoms with Crippen LogP contribution in [0, 0.1) is 0 Å². The zero-order chi connectivity index (χ0) is 19.1. The van der Waals surface area contributed by atoms with E-state index in [0.717, 1.165) is 21.3 Å². The molecule has 7 heteroatoms. The first-order chi connectivity index (χ1) is 13.2. The van der Waals surface area contributed by atoms with Crippen molar-refractivity contribution in [2.75, 3.05) is 6.61 Å². The number of esters is 1. The number of halogens is 1. The standard InChI is InChI=1S/C20H18BrN3O2S/c1-2-26-19(25)13-24-18(16-6-4-3-5-7-16)14-27-20(24)23-22-12-15-8-10-17(21)11-9-15/h3-12,14H,2,13H2,1H3/b22-12+,23-20+. The van der Waals surface area contributed by atoms with Gasteiger partial charge in [-0.05, 0) is 30.2 Å². The first-order valence-electron chi connectivity index (χ1n) is 8.39. The monoisotopic (exact) mass is 443 g/mol. The highest BCUT2D eigenvalue weighted by molar-refractivity contribution is 9.10. The highest BCUT2D eigenvalue weighted by atomic mass is 79.9. The second kappa shape index (κ2) is 9.43. The third-order valence-electron chi connectivity index (χ3n) is 3.68. The largest absolute Gasteiger partial charge is 0.465 e. The molecule has 0 aliphatic rings. The average Bonchev–Trinajstić information content (AvgIpc) is 3.07. The summed E-state index contributed by atoms with van der Waals surface area (Å²) in [5.74, 6) is -0.300. The molecule has 1 heterocycles. The molecule has 3 rings (SSSR count). The lowest BCUT2D eigenvalue weighted by Gasteiger charge is -2.08. The van der Waals surface area contributed by atoms with E-state index in [1.807, 2.05) is 64.5 Å². The molecule has 3 aromatic rings. The molecular formula is C20H18BrN3O2S. The van der Waals surface area contributed by atoms with E-state index in [-0.39, 0.29) is 12.5 Å². The van der Waals surface area contributed by atoms with Gasteiger partial charge < -0.3 is 9.30 Å². The summed E-state index contributed by atoms with van der Waals surface area (Å²) in [5, 5.41) is 10.5. The number of nitrogens with zero attached hydrogens (tertiary/aromatic N) is 3. The molecule has 138 valence electrons. The molecule has 0 aliphatic heterocycles. The van der Waals surface area contributed by atoms with E-state index in [0.29, 0.717) is 11.4 Å². The van der Waals surface area contributed by atoms with Crippen molar-refractivity contribution in [3.63, 3.8) is 0 Å². The molecule has 0 atom stereocenters. The number of hydrogen-bond donors (Lipinski definition) is 0. The Morgan fingerprint density at radius 1 is 1.19 bits per heavy atom. The summed E-state index contributed by atoms with van der Waals surface area (Å²) in [5.41, 5.74) is 2.86. The quantitative estimate of drug-likeness (QED) is 0.320. The molecule has 0 unspecified atom stereocenters. The summed E-state index contributed by atoms with van der Waals surface area (Å²) >= 11 is 4.84. The van der Waals surface area contributed by atoms with Crippen molar-refractivity contribution in [3.8, 4) is 11.3 Å². The summed E-state index contributed by atoms with van der Waals surface area (Å²) in [7, 11) is 0. The zero-order valence-corrected chi connectivity index (χ0v) is 17.1. The fraction of sp³-hybridized carbons (Fsp3) is 0.150. The summed E-state index contributed by atoms with van der Waals surface area (Å²) in [6.07, 6.45) is 1.68. The molecule has 0 radical (unpaired) electrons. The molecule has 0 N–H and O–H groups in total. The Bertz CT molecular complexity index is 992. The molecule has 0 bridgehead atoms. The van der Waals surface area contributed by atoms with Crippen LogP contribution in [0.25, 0.3) is 11.3 Å². The van der Waals surface area contributed by atoms with Crippen LogP contribution in [0.1, 0.15) is 12.5 Å². The minimum atomic E-state index is -0.300. The molecular weight excluding hydrogens is 426 g/mol. The van der Waals surface area contributed by atoms with Crippen LogP contribution in [0.4, 0.5) is 0 Å². The van der Waals surface area contributed by atoms with Gasteiger partial charge in [-0.25, -0.2) is 0 Å². The Kier molecular flexibility index (Phi) is 6.73. The molecule has 0 fully saturated rings. The second-order valence-corrected chi connectivity index (χ2v) is 7.31. The molecule has 0 saturated heterocycles. The summed E-state index contributed by atoms with van der Waals surface area (Å²) in [6, 6.07) is 17.7. The summed E-state index contributed by atoms with van der Waals surface area (Å²) in [4.78, 5) is 12.7. The van der Waals surface area contributed by atoms with Crippen LogP contribution in [-0.4, -0.2) is 23.4 Å². The van der Waals surface area contributed by atoms with Crippen LogP contribution >= 0.6 is 27.3 Å². The lowest BCUT2D eigenvalue weighted by Crippen LogP contribution is -2.22. The van der Waals surface area contributed by atoms with Crippen LogP contribution in [0.5, 0.6) is 0 Å². The fourth-order valence-electron chi connectivity index (χ4n) is 2.43. The van der Waals surface area contributed by atoms with Crippen molar-refractivity contribution in [3.05, 3.63) is 74.8 Å². The van der Waals surface area contributed by atoms with E-state index in [2.05, 4.69) is 26.1 Å². The topological polar surface area (TPSA) is 56.0 Å². The van der Waals surface area contributed by atoms with Crippen LogP contribution in [-0.2, 0) is 16.1 Å².